The molecule has 3 rings (SSSR count). The van der Waals surface area contributed by atoms with E-state index in [4.69, 9.17) is 0 Å². The fraction of sp³-hybridized carbons (Fsp3) is 0.529. The molecule has 1 saturated carbocycles. The lowest BCUT2D eigenvalue weighted by molar-refractivity contribution is -0.113. The Kier molecular flexibility index (Phi) is 5.91. The number of hydrogen-bond donors (Lipinski definition) is 2. The maximum atomic E-state index is 12.3. The minimum Gasteiger partial charge on any atom is -0.310 e. The number of aromatic amines is 1. The summed E-state index contributed by atoms with van der Waals surface area (Å²) < 4.78 is 1.91. The van der Waals surface area contributed by atoms with Crippen molar-refractivity contribution in [3.8, 4) is 0 Å². The van der Waals surface area contributed by atoms with Crippen LogP contribution in [0.3, 0.4) is 0 Å². The van der Waals surface area contributed by atoms with Gasteiger partial charge in [0.25, 0.3) is 5.56 Å². The summed E-state index contributed by atoms with van der Waals surface area (Å²) in [5, 5.41) is 7.74. The van der Waals surface area contributed by atoms with Crippen LogP contribution in [-0.2, 0) is 11.2 Å². The second-order valence-electron chi connectivity index (χ2n) is 6.23. The van der Waals surface area contributed by atoms with Crippen LogP contribution >= 0.6 is 11.8 Å². The molecule has 1 aliphatic carbocycles. The van der Waals surface area contributed by atoms with E-state index in [1.165, 1.54) is 30.7 Å². The second kappa shape index (κ2) is 8.33. The summed E-state index contributed by atoms with van der Waals surface area (Å²) in [6, 6.07) is 3.71. The van der Waals surface area contributed by atoms with Crippen molar-refractivity contribution < 1.29 is 4.79 Å². The molecule has 0 saturated heterocycles. The highest BCUT2D eigenvalue weighted by Crippen LogP contribution is 2.31. The fourth-order valence-electron chi connectivity index (χ4n) is 3.10. The van der Waals surface area contributed by atoms with Gasteiger partial charge in [-0.1, -0.05) is 37.9 Å². The molecule has 2 heterocycles. The van der Waals surface area contributed by atoms with Gasteiger partial charge in [-0.05, 0) is 19.3 Å². The normalized spacial score (nSPS) is 14.8. The SMILES string of the molecule is CCCc1cc(=O)[nH]c(SCC(=O)Nc2ccnn2C2CCCC2)n1. The lowest BCUT2D eigenvalue weighted by atomic mass is 10.2. The van der Waals surface area contributed by atoms with Crippen LogP contribution in [0.15, 0.2) is 28.3 Å². The molecular formula is C17H23N5O2S. The van der Waals surface area contributed by atoms with E-state index in [-0.39, 0.29) is 17.2 Å². The molecule has 1 fully saturated rings. The summed E-state index contributed by atoms with van der Waals surface area (Å²) in [6.07, 6.45) is 8.02. The highest BCUT2D eigenvalue weighted by molar-refractivity contribution is 7.99. The summed E-state index contributed by atoms with van der Waals surface area (Å²) in [5.74, 6) is 0.793. The standard InChI is InChI=1S/C17H23N5O2S/c1-2-5-12-10-15(23)21-17(19-12)25-11-16(24)20-14-8-9-18-22(14)13-6-3-4-7-13/h8-10,13H,2-7,11H2,1H3,(H,20,24)(H,19,21,23). The van der Waals surface area contributed by atoms with Gasteiger partial charge in [-0.2, -0.15) is 5.10 Å². The average molecular weight is 361 g/mol. The first-order valence-corrected chi connectivity index (χ1v) is 9.70. The summed E-state index contributed by atoms with van der Waals surface area (Å²) in [5.41, 5.74) is 0.578. The molecule has 0 bridgehead atoms. The van der Waals surface area contributed by atoms with Crippen LogP contribution in [0.1, 0.15) is 50.8 Å². The monoisotopic (exact) mass is 361 g/mol. The molecule has 0 spiro atoms. The summed E-state index contributed by atoms with van der Waals surface area (Å²) in [4.78, 5) is 31.0. The summed E-state index contributed by atoms with van der Waals surface area (Å²) in [6.45, 7) is 2.04. The van der Waals surface area contributed by atoms with E-state index in [1.54, 1.807) is 6.20 Å². The van der Waals surface area contributed by atoms with Gasteiger partial charge in [0.2, 0.25) is 5.91 Å². The molecule has 134 valence electrons. The third-order valence-electron chi connectivity index (χ3n) is 4.23. The number of H-pyrrole nitrogens is 1. The number of anilines is 1. The molecule has 0 radical (unpaired) electrons. The molecule has 0 unspecified atom stereocenters. The number of rotatable bonds is 7. The predicted octanol–water partition coefficient (Wildman–Crippen LogP) is 2.76. The highest BCUT2D eigenvalue weighted by Gasteiger charge is 2.20. The maximum absolute atomic E-state index is 12.3. The third kappa shape index (κ3) is 4.72. The summed E-state index contributed by atoms with van der Waals surface area (Å²) >= 11 is 1.23. The largest absolute Gasteiger partial charge is 0.310 e. The van der Waals surface area contributed by atoms with E-state index in [0.717, 1.165) is 37.2 Å². The van der Waals surface area contributed by atoms with Crippen molar-refractivity contribution in [1.82, 2.24) is 19.7 Å². The number of carbonyl (C=O) groups is 1. The lowest BCUT2D eigenvalue weighted by Crippen LogP contribution is -2.19. The van der Waals surface area contributed by atoms with Gasteiger partial charge in [0.15, 0.2) is 5.16 Å². The van der Waals surface area contributed by atoms with Crippen molar-refractivity contribution in [2.75, 3.05) is 11.1 Å². The Morgan fingerprint density at radius 3 is 3.00 bits per heavy atom. The van der Waals surface area contributed by atoms with Crippen molar-refractivity contribution >= 4 is 23.5 Å². The lowest BCUT2D eigenvalue weighted by Gasteiger charge is -2.14. The van der Waals surface area contributed by atoms with Gasteiger partial charge in [-0.15, -0.1) is 0 Å². The van der Waals surface area contributed by atoms with Gasteiger partial charge in [-0.25, -0.2) is 9.67 Å². The molecule has 0 aliphatic heterocycles. The second-order valence-corrected chi connectivity index (χ2v) is 7.19. The number of aromatic nitrogens is 4. The number of nitrogens with one attached hydrogen (secondary N) is 2. The Morgan fingerprint density at radius 1 is 1.44 bits per heavy atom. The molecular weight excluding hydrogens is 338 g/mol. The smallest absolute Gasteiger partial charge is 0.251 e. The van der Waals surface area contributed by atoms with Crippen molar-refractivity contribution in [3.05, 3.63) is 34.4 Å². The topological polar surface area (TPSA) is 92.7 Å². The van der Waals surface area contributed by atoms with E-state index < -0.39 is 0 Å². The first-order valence-electron chi connectivity index (χ1n) is 8.72. The predicted molar refractivity (Wildman–Crippen MR) is 97.9 cm³/mol. The Bertz CT molecular complexity index is 779. The van der Waals surface area contributed by atoms with E-state index in [2.05, 4.69) is 20.4 Å². The van der Waals surface area contributed by atoms with Crippen LogP contribution in [0.5, 0.6) is 0 Å². The Morgan fingerprint density at radius 2 is 2.24 bits per heavy atom. The molecule has 7 nitrogen and oxygen atoms in total. The molecule has 2 aromatic heterocycles. The van der Waals surface area contributed by atoms with Crippen molar-refractivity contribution in [1.29, 1.82) is 0 Å². The zero-order chi connectivity index (χ0) is 17.6. The van der Waals surface area contributed by atoms with Crippen molar-refractivity contribution in [2.24, 2.45) is 0 Å². The number of thioether (sulfide) groups is 1. The minimum atomic E-state index is -0.180. The first kappa shape index (κ1) is 17.7. The van der Waals surface area contributed by atoms with Crippen molar-refractivity contribution in [2.45, 2.75) is 56.6 Å². The van der Waals surface area contributed by atoms with Crippen LogP contribution < -0.4 is 10.9 Å². The number of aryl methyl sites for hydroxylation is 1. The van der Waals surface area contributed by atoms with Crippen LogP contribution in [0.4, 0.5) is 5.82 Å². The number of amides is 1. The average Bonchev–Trinajstić information content (AvgIpc) is 3.24. The number of hydrogen-bond acceptors (Lipinski definition) is 5. The highest BCUT2D eigenvalue weighted by atomic mass is 32.2. The zero-order valence-corrected chi connectivity index (χ0v) is 15.1. The Hall–Kier alpha value is -2.09. The van der Waals surface area contributed by atoms with Gasteiger partial charge >= 0.3 is 0 Å². The molecule has 25 heavy (non-hydrogen) atoms. The van der Waals surface area contributed by atoms with E-state index in [0.29, 0.717) is 11.2 Å². The van der Waals surface area contributed by atoms with Crippen LogP contribution in [-0.4, -0.2) is 31.4 Å². The van der Waals surface area contributed by atoms with Gasteiger partial charge < -0.3 is 10.3 Å². The third-order valence-corrected chi connectivity index (χ3v) is 5.10. The van der Waals surface area contributed by atoms with Crippen LogP contribution in [0, 0.1) is 0 Å². The molecule has 2 aromatic rings. The van der Waals surface area contributed by atoms with E-state index >= 15 is 0 Å². The molecule has 0 atom stereocenters. The molecule has 0 aromatic carbocycles. The number of nitrogens with zero attached hydrogens (tertiary/aromatic N) is 3. The van der Waals surface area contributed by atoms with Gasteiger partial charge in [-0.3, -0.25) is 9.59 Å². The van der Waals surface area contributed by atoms with Gasteiger partial charge in [0.1, 0.15) is 5.82 Å². The van der Waals surface area contributed by atoms with E-state index in [1.807, 2.05) is 17.7 Å². The fourth-order valence-corrected chi connectivity index (χ4v) is 3.80. The van der Waals surface area contributed by atoms with Crippen LogP contribution in [0.2, 0.25) is 0 Å². The van der Waals surface area contributed by atoms with Crippen LogP contribution in [0.25, 0.3) is 0 Å². The Labute approximate surface area is 150 Å². The van der Waals surface area contributed by atoms with E-state index in [9.17, 15) is 9.59 Å². The first-order chi connectivity index (χ1) is 12.2. The molecule has 1 amide bonds. The zero-order valence-electron chi connectivity index (χ0n) is 14.3. The molecule has 8 heteroatoms. The quantitative estimate of drug-likeness (QED) is 0.584. The molecule has 2 N–H and O–H groups in total. The van der Waals surface area contributed by atoms with Gasteiger partial charge in [0, 0.05) is 17.8 Å². The Balaban J connectivity index is 1.58. The maximum Gasteiger partial charge on any atom is 0.251 e. The van der Waals surface area contributed by atoms with Crippen molar-refractivity contribution in [3.63, 3.8) is 0 Å². The number of carbonyl (C=O) groups excluding carboxylic acids is 1. The minimum absolute atomic E-state index is 0.131. The van der Waals surface area contributed by atoms with Gasteiger partial charge in [0.05, 0.1) is 18.0 Å². The molecule has 1 aliphatic rings. The summed E-state index contributed by atoms with van der Waals surface area (Å²) in [7, 11) is 0.